The predicted octanol–water partition coefficient (Wildman–Crippen LogP) is 3.76. The molecule has 0 unspecified atom stereocenters. The highest BCUT2D eigenvalue weighted by molar-refractivity contribution is 7.46. The number of aryl methyl sites for hydroxylation is 1. The second kappa shape index (κ2) is 8.09. The van der Waals surface area contributed by atoms with Crippen LogP contribution in [0.15, 0.2) is 55.1 Å². The Balaban J connectivity index is 1.95. The van der Waals surface area contributed by atoms with Crippen molar-refractivity contribution in [1.82, 2.24) is 0 Å². The summed E-state index contributed by atoms with van der Waals surface area (Å²) in [5.74, 6) is 0. The van der Waals surface area contributed by atoms with Gasteiger partial charge in [-0.3, -0.25) is 4.52 Å². The number of hydrogen-bond acceptors (Lipinski definition) is 3. The molecular formula is C19H24NO4P. The maximum absolute atomic E-state index is 10.8. The first kappa shape index (κ1) is 19.6. The molecule has 0 saturated heterocycles. The molecule has 5 nitrogen and oxygen atoms in total. The molecule has 0 aromatic heterocycles. The Morgan fingerprint density at radius 2 is 1.64 bits per heavy atom. The highest BCUT2D eigenvalue weighted by Crippen LogP contribution is 2.36. The minimum absolute atomic E-state index is 0.189. The normalized spacial score (nSPS) is 14.1. The number of nitrogens with two attached hydrogens (primary N) is 1. The molecule has 2 rings (SSSR count). The zero-order chi connectivity index (χ0) is 18.5. The maximum atomic E-state index is 10.8. The topological polar surface area (TPSA) is 92.8 Å². The zero-order valence-electron chi connectivity index (χ0n) is 14.3. The Labute approximate surface area is 148 Å². The van der Waals surface area contributed by atoms with Crippen molar-refractivity contribution in [2.24, 2.45) is 5.73 Å². The van der Waals surface area contributed by atoms with Crippen LogP contribution in [-0.4, -0.2) is 21.9 Å². The van der Waals surface area contributed by atoms with E-state index in [-0.39, 0.29) is 6.61 Å². The molecule has 134 valence electrons. The standard InChI is InChI=1S/C19H24NO4P/c1-3-15-4-8-17(9-5-15)18-10-6-16(7-11-18)12-13-19(2,20)14-24-25(21,22)23/h3-11H,1,12-14,20H2,2H3,(H2,21,22,23)/t19-/m1/s1. The van der Waals surface area contributed by atoms with Crippen molar-refractivity contribution in [3.8, 4) is 11.1 Å². The van der Waals surface area contributed by atoms with Gasteiger partial charge in [-0.05, 0) is 42.0 Å². The summed E-state index contributed by atoms with van der Waals surface area (Å²) in [5, 5.41) is 0. The number of hydrogen-bond donors (Lipinski definition) is 3. The molecule has 2 aromatic carbocycles. The molecule has 4 N–H and O–H groups in total. The van der Waals surface area contributed by atoms with Crippen molar-refractivity contribution in [1.29, 1.82) is 0 Å². The molecule has 0 amide bonds. The lowest BCUT2D eigenvalue weighted by atomic mass is 9.94. The Morgan fingerprint density at radius 3 is 2.12 bits per heavy atom. The Hall–Kier alpha value is -1.75. The molecule has 0 spiro atoms. The average molecular weight is 361 g/mol. The predicted molar refractivity (Wildman–Crippen MR) is 101 cm³/mol. The number of phosphoric ester groups is 1. The van der Waals surface area contributed by atoms with Crippen molar-refractivity contribution < 1.29 is 18.9 Å². The van der Waals surface area contributed by atoms with Gasteiger partial charge in [0.25, 0.3) is 0 Å². The summed E-state index contributed by atoms with van der Waals surface area (Å²) >= 11 is 0. The molecule has 0 bridgehead atoms. The SMILES string of the molecule is C=Cc1ccc(-c2ccc(CC[C@@](C)(N)COP(=O)(O)O)cc2)cc1. The van der Waals surface area contributed by atoms with Gasteiger partial charge in [-0.25, -0.2) is 4.57 Å². The van der Waals surface area contributed by atoms with Crippen LogP contribution < -0.4 is 5.73 Å². The number of benzene rings is 2. The molecule has 2 aromatic rings. The lowest BCUT2D eigenvalue weighted by molar-refractivity contribution is 0.154. The summed E-state index contributed by atoms with van der Waals surface area (Å²) in [5.41, 5.74) is 9.69. The fourth-order valence-electron chi connectivity index (χ4n) is 2.41. The van der Waals surface area contributed by atoms with E-state index in [1.54, 1.807) is 6.92 Å². The van der Waals surface area contributed by atoms with Gasteiger partial charge in [-0.2, -0.15) is 0 Å². The fourth-order valence-corrected chi connectivity index (χ4v) is 2.87. The summed E-state index contributed by atoms with van der Waals surface area (Å²) in [6.45, 7) is 5.28. The average Bonchev–Trinajstić information content (AvgIpc) is 2.59. The minimum Gasteiger partial charge on any atom is -0.323 e. The van der Waals surface area contributed by atoms with Crippen LogP contribution in [0.4, 0.5) is 0 Å². The van der Waals surface area contributed by atoms with E-state index in [0.717, 1.165) is 22.3 Å². The second-order valence-electron chi connectivity index (χ2n) is 6.44. The smallest absolute Gasteiger partial charge is 0.323 e. The minimum atomic E-state index is -4.49. The van der Waals surface area contributed by atoms with Gasteiger partial charge in [-0.15, -0.1) is 0 Å². The van der Waals surface area contributed by atoms with Crippen LogP contribution in [-0.2, 0) is 15.5 Å². The number of rotatable bonds is 8. The Kier molecular flexibility index (Phi) is 6.33. The summed E-state index contributed by atoms with van der Waals surface area (Å²) in [4.78, 5) is 17.5. The van der Waals surface area contributed by atoms with Gasteiger partial charge in [0.1, 0.15) is 0 Å². The van der Waals surface area contributed by atoms with E-state index in [1.165, 1.54) is 0 Å². The third-order valence-corrected chi connectivity index (χ3v) is 4.45. The molecule has 0 saturated carbocycles. The van der Waals surface area contributed by atoms with Crippen molar-refractivity contribution in [3.63, 3.8) is 0 Å². The highest BCUT2D eigenvalue weighted by Gasteiger charge is 2.24. The maximum Gasteiger partial charge on any atom is 0.469 e. The van der Waals surface area contributed by atoms with E-state index in [4.69, 9.17) is 15.5 Å². The van der Waals surface area contributed by atoms with Crippen LogP contribution in [0, 0.1) is 0 Å². The van der Waals surface area contributed by atoms with Gasteiger partial charge in [0, 0.05) is 5.54 Å². The summed E-state index contributed by atoms with van der Waals surface area (Å²) < 4.78 is 15.3. The zero-order valence-corrected chi connectivity index (χ0v) is 15.2. The quantitative estimate of drug-likeness (QED) is 0.623. The van der Waals surface area contributed by atoms with E-state index in [0.29, 0.717) is 12.8 Å². The molecule has 1 atom stereocenters. The molecule has 0 aliphatic carbocycles. The van der Waals surface area contributed by atoms with Crippen molar-refractivity contribution >= 4 is 13.9 Å². The van der Waals surface area contributed by atoms with E-state index in [2.05, 4.69) is 35.4 Å². The summed E-state index contributed by atoms with van der Waals surface area (Å²) in [6, 6.07) is 16.4. The number of phosphoric acid groups is 1. The third-order valence-electron chi connectivity index (χ3n) is 3.98. The van der Waals surface area contributed by atoms with E-state index >= 15 is 0 Å². The Morgan fingerprint density at radius 1 is 1.12 bits per heavy atom. The lowest BCUT2D eigenvalue weighted by Crippen LogP contribution is -2.41. The summed E-state index contributed by atoms with van der Waals surface area (Å²) in [6.07, 6.45) is 3.07. The van der Waals surface area contributed by atoms with Crippen molar-refractivity contribution in [2.45, 2.75) is 25.3 Å². The fraction of sp³-hybridized carbons (Fsp3) is 0.263. The van der Waals surface area contributed by atoms with Crippen LogP contribution in [0.2, 0.25) is 0 Å². The largest absolute Gasteiger partial charge is 0.469 e. The molecule has 6 heteroatoms. The first-order valence-corrected chi connectivity index (χ1v) is 9.52. The van der Waals surface area contributed by atoms with Gasteiger partial charge in [0.05, 0.1) is 6.61 Å². The molecule has 0 fully saturated rings. The van der Waals surface area contributed by atoms with Gasteiger partial charge < -0.3 is 15.5 Å². The van der Waals surface area contributed by atoms with Crippen LogP contribution >= 0.6 is 7.82 Å². The molecule has 0 aliphatic rings. The van der Waals surface area contributed by atoms with Gasteiger partial charge in [0.15, 0.2) is 0 Å². The monoisotopic (exact) mass is 361 g/mol. The molecule has 0 radical (unpaired) electrons. The van der Waals surface area contributed by atoms with Gasteiger partial charge in [-0.1, -0.05) is 61.2 Å². The first-order valence-electron chi connectivity index (χ1n) is 7.99. The van der Waals surface area contributed by atoms with Crippen molar-refractivity contribution in [2.75, 3.05) is 6.61 Å². The van der Waals surface area contributed by atoms with Gasteiger partial charge in [0.2, 0.25) is 0 Å². The van der Waals surface area contributed by atoms with E-state index in [9.17, 15) is 4.57 Å². The van der Waals surface area contributed by atoms with Crippen LogP contribution in [0.25, 0.3) is 17.2 Å². The van der Waals surface area contributed by atoms with Crippen molar-refractivity contribution in [3.05, 3.63) is 66.2 Å². The van der Waals surface area contributed by atoms with Crippen LogP contribution in [0.5, 0.6) is 0 Å². The Bertz CT molecular complexity index is 748. The van der Waals surface area contributed by atoms with E-state index < -0.39 is 13.4 Å². The van der Waals surface area contributed by atoms with E-state index in [1.807, 2.05) is 30.3 Å². The van der Waals surface area contributed by atoms with Gasteiger partial charge >= 0.3 is 7.82 Å². The molecule has 0 heterocycles. The van der Waals surface area contributed by atoms with Crippen LogP contribution in [0.1, 0.15) is 24.5 Å². The lowest BCUT2D eigenvalue weighted by Gasteiger charge is -2.24. The molecule has 0 aliphatic heterocycles. The third kappa shape index (κ3) is 6.58. The molecular weight excluding hydrogens is 337 g/mol. The molecule has 25 heavy (non-hydrogen) atoms. The summed E-state index contributed by atoms with van der Waals surface area (Å²) in [7, 11) is -4.49. The second-order valence-corrected chi connectivity index (χ2v) is 7.68. The first-order chi connectivity index (χ1) is 11.7. The highest BCUT2D eigenvalue weighted by atomic mass is 31.2. The van der Waals surface area contributed by atoms with Crippen LogP contribution in [0.3, 0.4) is 0 Å².